The van der Waals surface area contributed by atoms with Crippen molar-refractivity contribution in [2.45, 2.75) is 38.5 Å². The summed E-state index contributed by atoms with van der Waals surface area (Å²) in [5.74, 6) is 2.35. The van der Waals surface area contributed by atoms with Gasteiger partial charge in [0.2, 0.25) is 0 Å². The number of fused-ring (bicyclic) bond motifs is 1. The maximum atomic E-state index is 1.56. The van der Waals surface area contributed by atoms with Gasteiger partial charge in [-0.1, -0.05) is 38.5 Å². The Morgan fingerprint density at radius 2 is 1.00 bits per heavy atom. The average molecular weight is 144 g/mol. The largest absolute Gasteiger partial charge is 0.153 e. The highest BCUT2D eigenvalue weighted by Gasteiger charge is 2.30. The molecule has 2 saturated carbocycles. The van der Waals surface area contributed by atoms with E-state index in [1.54, 1.807) is 25.7 Å². The van der Waals surface area contributed by atoms with Crippen molar-refractivity contribution in [1.82, 2.24) is 0 Å². The van der Waals surface area contributed by atoms with Crippen molar-refractivity contribution < 1.29 is 0 Å². The molecule has 0 saturated heterocycles. The zero-order valence-electron chi connectivity index (χ0n) is 6.10. The molecular weight excluding hydrogens is 127 g/mol. The van der Waals surface area contributed by atoms with Crippen molar-refractivity contribution in [3.05, 3.63) is 0 Å². The quantitative estimate of drug-likeness (QED) is 0.458. The summed E-state index contributed by atoms with van der Waals surface area (Å²) >= 11 is 0. The van der Waals surface area contributed by atoms with Crippen LogP contribution in [0, 0.1) is 11.8 Å². The molecule has 2 aliphatic carbocycles. The minimum absolute atomic E-state index is 0. The van der Waals surface area contributed by atoms with E-state index in [2.05, 4.69) is 0 Å². The molecule has 9 heavy (non-hydrogen) atoms. The molecule has 0 aromatic heterocycles. The predicted octanol–water partition coefficient (Wildman–Crippen LogP) is 2.64. The zero-order valence-corrected chi connectivity index (χ0v) is 7.52. The number of hydrogen-bond acceptors (Lipinski definition) is 0. The van der Waals surface area contributed by atoms with Crippen LogP contribution in [0.15, 0.2) is 0 Å². The Balaban J connectivity index is 0.000000405. The van der Waals surface area contributed by atoms with Gasteiger partial charge < -0.3 is 0 Å². The highest BCUT2D eigenvalue weighted by Crippen LogP contribution is 2.43. The van der Waals surface area contributed by atoms with E-state index in [0.29, 0.717) is 0 Å². The molecule has 0 amide bonds. The van der Waals surface area contributed by atoms with Crippen molar-refractivity contribution in [3.63, 3.8) is 0 Å². The molecule has 0 spiro atoms. The Kier molecular flexibility index (Phi) is 2.52. The molecular formula is C8H17P. The lowest BCUT2D eigenvalue weighted by atomic mass is 10.0. The van der Waals surface area contributed by atoms with Crippen LogP contribution in [-0.4, -0.2) is 0 Å². The van der Waals surface area contributed by atoms with Gasteiger partial charge in [0.1, 0.15) is 0 Å². The van der Waals surface area contributed by atoms with E-state index in [-0.39, 0.29) is 9.90 Å². The van der Waals surface area contributed by atoms with Gasteiger partial charge in [0.25, 0.3) is 0 Å². The normalized spacial score (nSPS) is 40.0. The van der Waals surface area contributed by atoms with E-state index in [4.69, 9.17) is 0 Å². The maximum absolute atomic E-state index is 1.56. The summed E-state index contributed by atoms with van der Waals surface area (Å²) < 4.78 is 0. The van der Waals surface area contributed by atoms with Gasteiger partial charge in [-0.3, -0.25) is 0 Å². The van der Waals surface area contributed by atoms with Crippen molar-refractivity contribution in [1.29, 1.82) is 0 Å². The van der Waals surface area contributed by atoms with Gasteiger partial charge in [-0.15, -0.1) is 0 Å². The third-order valence-electron chi connectivity index (χ3n) is 2.97. The van der Waals surface area contributed by atoms with Crippen LogP contribution < -0.4 is 0 Å². The average Bonchev–Trinajstić information content (AvgIpc) is 2.15. The van der Waals surface area contributed by atoms with Crippen molar-refractivity contribution >= 4 is 9.90 Å². The second-order valence-electron chi connectivity index (χ2n) is 3.38. The van der Waals surface area contributed by atoms with Gasteiger partial charge in [0, 0.05) is 0 Å². The molecule has 1 heteroatoms. The fraction of sp³-hybridized carbons (Fsp3) is 1.00. The molecule has 0 nitrogen and oxygen atoms in total. The van der Waals surface area contributed by atoms with Crippen LogP contribution >= 0.6 is 9.90 Å². The van der Waals surface area contributed by atoms with E-state index in [1.807, 2.05) is 0 Å². The molecule has 0 aromatic carbocycles. The first kappa shape index (κ1) is 7.54. The van der Waals surface area contributed by atoms with Crippen molar-refractivity contribution in [2.24, 2.45) is 11.8 Å². The highest BCUT2D eigenvalue weighted by atomic mass is 31.0. The second kappa shape index (κ2) is 3.01. The van der Waals surface area contributed by atoms with Crippen LogP contribution in [0.4, 0.5) is 0 Å². The minimum Gasteiger partial charge on any atom is -0.153 e. The smallest absolute Gasteiger partial charge is 0.0386 e. The summed E-state index contributed by atoms with van der Waals surface area (Å²) in [4.78, 5) is 0. The third kappa shape index (κ3) is 1.29. The van der Waals surface area contributed by atoms with Gasteiger partial charge >= 0.3 is 0 Å². The molecule has 1 atom stereocenters. The second-order valence-corrected chi connectivity index (χ2v) is 3.38. The molecule has 0 radical (unpaired) electrons. The molecule has 0 heterocycles. The highest BCUT2D eigenvalue weighted by molar-refractivity contribution is 6.92. The Bertz CT molecular complexity index is 70.6. The Hall–Kier alpha value is 0.430. The van der Waals surface area contributed by atoms with Crippen LogP contribution in [0.5, 0.6) is 0 Å². The van der Waals surface area contributed by atoms with Crippen molar-refractivity contribution in [2.75, 3.05) is 0 Å². The topological polar surface area (TPSA) is 0 Å². The fourth-order valence-corrected chi connectivity index (χ4v) is 2.52. The van der Waals surface area contributed by atoms with Crippen LogP contribution in [0.3, 0.4) is 0 Å². The number of rotatable bonds is 0. The molecule has 2 aliphatic rings. The SMILES string of the molecule is C1CC2CCCC2C1.P. The molecule has 0 aromatic rings. The van der Waals surface area contributed by atoms with Crippen LogP contribution in [-0.2, 0) is 0 Å². The predicted molar refractivity (Wildman–Crippen MR) is 45.8 cm³/mol. The zero-order chi connectivity index (χ0) is 5.40. The number of hydrogen-bond donors (Lipinski definition) is 0. The van der Waals surface area contributed by atoms with Crippen molar-refractivity contribution in [3.8, 4) is 0 Å². The van der Waals surface area contributed by atoms with E-state index >= 15 is 0 Å². The molecule has 54 valence electrons. The summed E-state index contributed by atoms with van der Waals surface area (Å²) in [6.45, 7) is 0. The summed E-state index contributed by atoms with van der Waals surface area (Å²) in [6, 6.07) is 0. The first-order valence-electron chi connectivity index (χ1n) is 3.97. The van der Waals surface area contributed by atoms with E-state index in [1.165, 1.54) is 24.7 Å². The minimum atomic E-state index is 0. The lowest BCUT2D eigenvalue weighted by Crippen LogP contribution is -1.95. The van der Waals surface area contributed by atoms with Gasteiger partial charge in [0.05, 0.1) is 0 Å². The molecule has 1 unspecified atom stereocenters. The fourth-order valence-electron chi connectivity index (χ4n) is 2.52. The molecule has 2 fully saturated rings. The molecule has 0 bridgehead atoms. The van der Waals surface area contributed by atoms with Crippen LogP contribution in [0.1, 0.15) is 38.5 Å². The third-order valence-corrected chi connectivity index (χ3v) is 2.97. The lowest BCUT2D eigenvalue weighted by molar-refractivity contribution is 0.457. The first-order chi connectivity index (χ1) is 3.97. The van der Waals surface area contributed by atoms with Crippen LogP contribution in [0.25, 0.3) is 0 Å². The Morgan fingerprint density at radius 1 is 0.667 bits per heavy atom. The maximum Gasteiger partial charge on any atom is -0.0386 e. The van der Waals surface area contributed by atoms with Gasteiger partial charge in [-0.05, 0) is 11.8 Å². The van der Waals surface area contributed by atoms with Gasteiger partial charge in [-0.2, -0.15) is 9.90 Å². The lowest BCUT2D eigenvalue weighted by Gasteiger charge is -2.04. The summed E-state index contributed by atoms with van der Waals surface area (Å²) in [6.07, 6.45) is 9.31. The standard InChI is InChI=1S/C8H14.H3P/c1-3-7-5-2-6-8(7)4-1;/h7-8H,1-6H2;1H3. The van der Waals surface area contributed by atoms with E-state index in [9.17, 15) is 0 Å². The van der Waals surface area contributed by atoms with Gasteiger partial charge in [0.15, 0.2) is 0 Å². The monoisotopic (exact) mass is 144 g/mol. The summed E-state index contributed by atoms with van der Waals surface area (Å²) in [5.41, 5.74) is 0. The first-order valence-corrected chi connectivity index (χ1v) is 3.97. The van der Waals surface area contributed by atoms with Crippen LogP contribution in [0.2, 0.25) is 0 Å². The Labute approximate surface area is 61.0 Å². The molecule has 0 aliphatic heterocycles. The van der Waals surface area contributed by atoms with Gasteiger partial charge in [-0.25, -0.2) is 0 Å². The van der Waals surface area contributed by atoms with E-state index in [0.717, 1.165) is 0 Å². The summed E-state index contributed by atoms with van der Waals surface area (Å²) in [7, 11) is 0. The summed E-state index contributed by atoms with van der Waals surface area (Å²) in [5, 5.41) is 0. The van der Waals surface area contributed by atoms with E-state index < -0.39 is 0 Å². The Morgan fingerprint density at radius 3 is 1.33 bits per heavy atom. The molecule has 0 N–H and O–H groups in total. The molecule has 2 rings (SSSR count).